The molecular weight excluding hydrogens is 664 g/mol. The van der Waals surface area contributed by atoms with E-state index in [0.29, 0.717) is 11.3 Å². The van der Waals surface area contributed by atoms with Gasteiger partial charge in [-0.3, -0.25) is 4.39 Å². The Kier molecular flexibility index (Phi) is 43.3. The van der Waals surface area contributed by atoms with E-state index < -0.39 is 7.15 Å². The Labute approximate surface area is 254 Å². The van der Waals surface area contributed by atoms with Crippen LogP contribution in [0.1, 0.15) is 124 Å². The molecule has 0 bridgehead atoms. The van der Waals surface area contributed by atoms with E-state index in [1.165, 1.54) is 56.3 Å². The molecule has 4 heteroatoms. The number of allylic oxidation sites excluding steroid dienone is 5. The predicted molar refractivity (Wildman–Crippen MR) is 175 cm³/mol. The van der Waals surface area contributed by atoms with Crippen molar-refractivity contribution >= 4 is 35.7 Å². The Morgan fingerprint density at radius 3 is 1.34 bits per heavy atom. The first-order valence-electron chi connectivity index (χ1n) is 13.4. The summed E-state index contributed by atoms with van der Waals surface area (Å²) in [6, 6.07) is 0. The van der Waals surface area contributed by atoms with Gasteiger partial charge in [0.05, 0.1) is 8.52 Å². The Morgan fingerprint density at radius 2 is 1.23 bits per heavy atom. The van der Waals surface area contributed by atoms with Gasteiger partial charge in [0, 0.05) is 5.33 Å². The minimum absolute atomic E-state index is 0.328. The normalized spacial score (nSPS) is 9.89. The number of hydrogen-bond donors (Lipinski definition) is 0. The molecule has 0 aliphatic heterocycles. The summed E-state index contributed by atoms with van der Waals surface area (Å²) in [7, 11) is -1.00. The predicted octanol–water partition coefficient (Wildman–Crippen LogP) is 13.1. The van der Waals surface area contributed by atoms with Gasteiger partial charge in [-0.05, 0) is 85.0 Å². The van der Waals surface area contributed by atoms with Gasteiger partial charge in [0.1, 0.15) is 0 Å². The molecule has 0 aromatic carbocycles. The second-order valence-electron chi connectivity index (χ2n) is 11.3. The number of halogens is 3. The second kappa shape index (κ2) is 33.0. The molecule has 210 valence electrons. The summed E-state index contributed by atoms with van der Waals surface area (Å²) in [5, 5.41) is 1.01. The fourth-order valence-electron chi connectivity index (χ4n) is 2.08. The van der Waals surface area contributed by atoms with Crippen molar-refractivity contribution < 1.29 is 20.5 Å². The van der Waals surface area contributed by atoms with Crippen LogP contribution in [-0.2, 0) is 14.8 Å². The zero-order valence-electron chi connectivity index (χ0n) is 27.5. The molecule has 0 saturated carbocycles. The second-order valence-corrected chi connectivity index (χ2v) is 11.8. The molecule has 0 nitrogen and oxygen atoms in total. The van der Waals surface area contributed by atoms with E-state index in [9.17, 15) is 4.39 Å². The molecular formula is C31H63BrFIZn. The van der Waals surface area contributed by atoms with Crippen molar-refractivity contribution in [2.75, 3.05) is 12.5 Å². The molecule has 0 saturated heterocycles. The quantitative estimate of drug-likeness (QED) is 0.0805. The average molecular weight is 728 g/mol. The van der Waals surface area contributed by atoms with Gasteiger partial charge in [0.2, 0.25) is 0 Å². The monoisotopic (exact) mass is 725 g/mol. The molecule has 0 aromatic heterocycles. The summed E-state index contributed by atoms with van der Waals surface area (Å²) >= 11 is 6.98. The van der Waals surface area contributed by atoms with E-state index in [4.69, 9.17) is 1.37 Å². The van der Waals surface area contributed by atoms with Crippen LogP contribution >= 0.6 is 35.7 Å². The molecule has 0 rings (SSSR count). The van der Waals surface area contributed by atoms with E-state index in [1.807, 2.05) is 0 Å². The van der Waals surface area contributed by atoms with Crippen LogP contribution in [0.25, 0.3) is 0 Å². The molecule has 0 heterocycles. The number of hydrogen-bond acceptors (Lipinski definition) is 0. The molecule has 0 aromatic rings. The van der Waals surface area contributed by atoms with Crippen LogP contribution in [-0.4, -0.2) is 12.5 Å². The summed E-state index contributed by atoms with van der Waals surface area (Å²) < 4.78 is 15.5. The molecule has 0 radical (unpaired) electrons. The van der Waals surface area contributed by atoms with Crippen LogP contribution in [0.15, 0.2) is 34.4 Å². The SMILES string of the molecule is C=C(C)C(C)(C)CC(C)C.CC(C)=C(C)CBr.CC(C)=C(C)CCC(C)C.[2H]CF.[CH2-]C(C)C.[Zn+][I]. The Morgan fingerprint density at radius 1 is 0.914 bits per heavy atom. The average Bonchev–Trinajstić information content (AvgIpc) is 2.72. The van der Waals surface area contributed by atoms with Gasteiger partial charge in [-0.2, -0.15) is 5.92 Å². The number of rotatable bonds is 7. The summed E-state index contributed by atoms with van der Waals surface area (Å²) in [4.78, 5) is 0. The molecule has 0 fully saturated rings. The van der Waals surface area contributed by atoms with Crippen LogP contribution in [0.2, 0.25) is 0 Å². The van der Waals surface area contributed by atoms with E-state index in [0.717, 1.165) is 17.2 Å². The minimum atomic E-state index is -1.00. The van der Waals surface area contributed by atoms with E-state index >= 15 is 0 Å². The maximum absolute atomic E-state index is 9.96. The molecule has 0 aliphatic rings. The van der Waals surface area contributed by atoms with Crippen molar-refractivity contribution in [1.29, 1.82) is 0 Å². The summed E-state index contributed by atoms with van der Waals surface area (Å²) in [6.45, 7) is 40.4. The van der Waals surface area contributed by atoms with Gasteiger partial charge < -0.3 is 6.92 Å². The topological polar surface area (TPSA) is 0 Å². The van der Waals surface area contributed by atoms with Gasteiger partial charge >= 0.3 is 34.5 Å². The Balaban J connectivity index is -0.0000000812. The van der Waals surface area contributed by atoms with Crippen molar-refractivity contribution in [3.8, 4) is 0 Å². The Hall–Kier alpha value is 0.983. The summed E-state index contributed by atoms with van der Waals surface area (Å²) in [5.74, 6) is 2.20. The fraction of sp³-hybridized carbons (Fsp3) is 0.774. The van der Waals surface area contributed by atoms with Gasteiger partial charge in [-0.25, -0.2) is 0 Å². The first-order valence-corrected chi connectivity index (χ1v) is 22.8. The third-order valence-corrected chi connectivity index (χ3v) is 5.92. The zero-order chi connectivity index (χ0) is 30.7. The van der Waals surface area contributed by atoms with E-state index in [2.05, 4.69) is 153 Å². The van der Waals surface area contributed by atoms with Gasteiger partial charge in [0.15, 0.2) is 0 Å². The first kappa shape index (κ1) is 45.9. The summed E-state index contributed by atoms with van der Waals surface area (Å²) in [6.07, 6.45) is 3.85. The molecule has 0 unspecified atom stereocenters. The van der Waals surface area contributed by atoms with Crippen molar-refractivity contribution in [2.45, 2.75) is 123 Å². The zero-order valence-corrected chi connectivity index (χ0v) is 33.2. The van der Waals surface area contributed by atoms with Crippen molar-refractivity contribution in [1.82, 2.24) is 0 Å². The van der Waals surface area contributed by atoms with Crippen LogP contribution in [0.5, 0.6) is 0 Å². The molecule has 0 spiro atoms. The van der Waals surface area contributed by atoms with Crippen LogP contribution in [0, 0.1) is 30.1 Å². The first-order chi connectivity index (χ1) is 16.2. The van der Waals surface area contributed by atoms with Crippen molar-refractivity contribution in [3.05, 3.63) is 41.4 Å². The molecule has 0 atom stereocenters. The molecule has 35 heavy (non-hydrogen) atoms. The molecule has 0 N–H and O–H groups in total. The third-order valence-electron chi connectivity index (χ3n) is 5.08. The van der Waals surface area contributed by atoms with Crippen molar-refractivity contribution in [3.63, 3.8) is 0 Å². The van der Waals surface area contributed by atoms with Crippen LogP contribution < -0.4 is 0 Å². The molecule has 0 aliphatic carbocycles. The standard InChI is InChI=1S/2C10H20.C6H11Br.C4H9.CH3F.HI.Zn/c1-8(2)7-10(5,6)9(3)4;1-8(2)6-7-10(5)9(3)4;1-5(2)6(3)4-7;1-4(2)3;1-2;;/h8H,3,7H2,1-2,4-6H3;8H,6-7H2,1-5H3;4H2,1-3H3;4H,1H2,2-3H3;1H3;1H;/q;;;-1;;;+2/p-1/i;;;;1D;;. The number of alkyl halides is 2. The Bertz CT molecular complexity index is 528. The van der Waals surface area contributed by atoms with Crippen LogP contribution in [0.3, 0.4) is 0 Å². The van der Waals surface area contributed by atoms with Crippen LogP contribution in [0.4, 0.5) is 4.39 Å². The van der Waals surface area contributed by atoms with E-state index in [-0.39, 0.29) is 0 Å². The maximum atomic E-state index is 9.96. The van der Waals surface area contributed by atoms with Crippen molar-refractivity contribution in [2.24, 2.45) is 23.2 Å². The summed E-state index contributed by atoms with van der Waals surface area (Å²) in [5.41, 5.74) is 7.51. The van der Waals surface area contributed by atoms with Gasteiger partial charge in [0.25, 0.3) is 0 Å². The fourth-order valence-corrected chi connectivity index (χ4v) is 2.64. The van der Waals surface area contributed by atoms with E-state index in [1.54, 1.807) is 5.57 Å². The van der Waals surface area contributed by atoms with Gasteiger partial charge in [-0.1, -0.05) is 106 Å². The van der Waals surface area contributed by atoms with Gasteiger partial charge in [-0.15, -0.1) is 0 Å². The molecule has 0 amide bonds. The third kappa shape index (κ3) is 52.3.